The van der Waals surface area contributed by atoms with E-state index in [1.165, 1.54) is 44.9 Å². The molecule has 0 aliphatic rings. The van der Waals surface area contributed by atoms with Gasteiger partial charge in [0, 0.05) is 25.9 Å². The fourth-order valence-corrected chi connectivity index (χ4v) is 8.34. The fraction of sp³-hybridized carbons (Fsp3) is 0.717. The van der Waals surface area contributed by atoms with Gasteiger partial charge < -0.3 is 103 Å². The molecule has 0 saturated carbocycles. The predicted molar refractivity (Wildman–Crippen MR) is 315 cm³/mol. The number of aliphatic carboxylic acids is 2. The van der Waals surface area contributed by atoms with Crippen molar-refractivity contribution in [2.45, 2.75) is 216 Å². The predicted octanol–water partition coefficient (Wildman–Crippen LogP) is -5.34. The molecule has 9 unspecified atom stereocenters. The molecule has 25 N–H and O–H groups in total. The monoisotopic (exact) mass is 1240 g/mol. The highest BCUT2D eigenvalue weighted by molar-refractivity contribution is 5.99. The lowest BCUT2D eigenvalue weighted by molar-refractivity contribution is -0.141. The molecular weight excluding hydrogens is 1150 g/mol. The zero-order valence-electron chi connectivity index (χ0n) is 50.0. The summed E-state index contributed by atoms with van der Waals surface area (Å²) in [6.45, 7) is 2.45. The Kier molecular flexibility index (Phi) is 40.6. The van der Waals surface area contributed by atoms with Crippen LogP contribution in [-0.2, 0) is 62.3 Å². The van der Waals surface area contributed by atoms with Crippen LogP contribution in [-0.4, -0.2) is 190 Å². The van der Waals surface area contributed by atoms with Crippen molar-refractivity contribution in [2.24, 2.45) is 44.4 Å². The van der Waals surface area contributed by atoms with Gasteiger partial charge in [0.05, 0.1) is 32.1 Å². The van der Waals surface area contributed by atoms with Gasteiger partial charge in [-0.1, -0.05) is 84.0 Å². The van der Waals surface area contributed by atoms with E-state index in [9.17, 15) is 77.6 Å². The normalized spacial score (nSPS) is 13.9. The van der Waals surface area contributed by atoms with Crippen LogP contribution >= 0.6 is 0 Å². The van der Waals surface area contributed by atoms with Crippen LogP contribution in [0.25, 0.3) is 0 Å². The van der Waals surface area contributed by atoms with Crippen molar-refractivity contribution in [2.75, 3.05) is 26.2 Å². The SMILES string of the molecule is CCCCCCCCCCCCCCCC(=O)NC(CCCN=C(N)N)C(=O)NC(CCC(=O)O)C(=O)NC(C(=O)NC(CC(N)=O)C(=O)NC(C)C(=O)NCC(=O)NC(CCCN=C(N)N)C(=O)NC(CO)C(=O)NC(CC(=O)O)C(N)=O)C(C)O. The maximum absolute atomic E-state index is 13.8. The Labute approximate surface area is 505 Å². The smallest absolute Gasteiger partial charge is 0.305 e. The summed E-state index contributed by atoms with van der Waals surface area (Å²) in [6.07, 6.45) is 9.42. The number of carboxylic acid groups (broad SMARTS) is 2. The lowest BCUT2D eigenvalue weighted by Crippen LogP contribution is -2.61. The van der Waals surface area contributed by atoms with Gasteiger partial charge in [0.15, 0.2) is 11.9 Å². The van der Waals surface area contributed by atoms with Crippen LogP contribution in [0.5, 0.6) is 0 Å². The topological polar surface area (TPSA) is 592 Å². The minimum absolute atomic E-state index is 0.0240. The second-order valence-corrected chi connectivity index (χ2v) is 20.8. The van der Waals surface area contributed by atoms with Crippen LogP contribution < -0.4 is 82.3 Å². The Morgan fingerprint density at radius 1 is 0.425 bits per heavy atom. The van der Waals surface area contributed by atoms with Crippen LogP contribution in [0.1, 0.15) is 162 Å². The minimum atomic E-state index is -1.96. The van der Waals surface area contributed by atoms with E-state index >= 15 is 0 Å². The van der Waals surface area contributed by atoms with Crippen molar-refractivity contribution in [1.29, 1.82) is 0 Å². The zero-order chi connectivity index (χ0) is 66.0. The molecule has 0 spiro atoms. The minimum Gasteiger partial charge on any atom is -0.481 e. The fourth-order valence-electron chi connectivity index (χ4n) is 8.34. The summed E-state index contributed by atoms with van der Waals surface area (Å²) in [5.41, 5.74) is 32.1. The molecule has 34 nitrogen and oxygen atoms in total. The van der Waals surface area contributed by atoms with Crippen molar-refractivity contribution >= 4 is 88.8 Å². The maximum Gasteiger partial charge on any atom is 0.305 e. The van der Waals surface area contributed by atoms with Gasteiger partial charge in [0.25, 0.3) is 0 Å². The molecule has 0 rings (SSSR count). The number of guanidine groups is 2. The van der Waals surface area contributed by atoms with E-state index < -0.39 is 170 Å². The number of carbonyl (C=O) groups is 13. The third-order valence-electron chi connectivity index (χ3n) is 13.1. The number of hydrogen-bond donors (Lipinski definition) is 19. The lowest BCUT2D eigenvalue weighted by Gasteiger charge is -2.27. The second-order valence-electron chi connectivity index (χ2n) is 20.8. The standard InChI is InChI=1S/C53H95N17O17/c1-4-5-6-7-8-9-10-11-12-13-14-15-16-21-39(74)64-32(19-17-24-60-52(56)57)46(82)66-34(22-23-41(76)77)48(84)70-43(31(3)72)51(87)68-36(26-38(54)73)49(85)63-30(2)45(81)62-28-40(75)65-33(20-18-25-61-53(58)59)47(83)69-37(29-71)50(86)67-35(44(55)80)27-42(78)79/h30-37,43,71-72H,4-29H2,1-3H3,(H2,54,73)(H2,55,80)(H,62,81)(H,63,85)(H,64,74)(H,65,75)(H,66,82)(H,67,86)(H,68,87)(H,69,83)(H,70,84)(H,76,77)(H,78,79)(H4,56,57,60)(H4,58,59,61). The molecule has 0 fully saturated rings. The molecule has 0 aliphatic heterocycles. The van der Waals surface area contributed by atoms with Crippen LogP contribution in [0.3, 0.4) is 0 Å². The second kappa shape index (κ2) is 45.0. The van der Waals surface area contributed by atoms with E-state index in [1.54, 1.807) is 0 Å². The Morgan fingerprint density at radius 3 is 1.30 bits per heavy atom. The molecule has 0 saturated heterocycles. The molecule has 494 valence electrons. The number of rotatable bonds is 49. The molecule has 0 aliphatic carbocycles. The quantitative estimate of drug-likeness (QED) is 0.0154. The van der Waals surface area contributed by atoms with E-state index in [-0.39, 0.29) is 57.1 Å². The molecule has 0 aromatic heterocycles. The molecule has 9 atom stereocenters. The summed E-state index contributed by atoms with van der Waals surface area (Å²) in [4.78, 5) is 175. The summed E-state index contributed by atoms with van der Waals surface area (Å²) < 4.78 is 0. The van der Waals surface area contributed by atoms with E-state index in [0.717, 1.165) is 46.0 Å². The number of unbranched alkanes of at least 4 members (excludes halogenated alkanes) is 12. The number of amides is 11. The highest BCUT2D eigenvalue weighted by Gasteiger charge is 2.35. The molecule has 11 amide bonds. The van der Waals surface area contributed by atoms with Crippen molar-refractivity contribution in [3.05, 3.63) is 0 Å². The maximum atomic E-state index is 13.8. The Bertz CT molecular complexity index is 2320. The number of aliphatic hydroxyl groups is 2. The van der Waals surface area contributed by atoms with Gasteiger partial charge in [-0.25, -0.2) is 0 Å². The Hall–Kier alpha value is -8.43. The first-order valence-corrected chi connectivity index (χ1v) is 29.1. The van der Waals surface area contributed by atoms with Crippen molar-refractivity contribution in [1.82, 2.24) is 47.9 Å². The summed E-state index contributed by atoms with van der Waals surface area (Å²) in [7, 11) is 0. The lowest BCUT2D eigenvalue weighted by atomic mass is 10.0. The number of primary amides is 2. The largest absolute Gasteiger partial charge is 0.481 e. The number of carbonyl (C=O) groups excluding carboxylic acids is 11. The van der Waals surface area contributed by atoms with Crippen LogP contribution in [0.15, 0.2) is 9.98 Å². The number of aliphatic hydroxyl groups excluding tert-OH is 2. The molecule has 0 heterocycles. The van der Waals surface area contributed by atoms with Gasteiger partial charge in [-0.05, 0) is 52.4 Å². The number of nitrogens with one attached hydrogen (secondary N) is 9. The number of hydrogen-bond acceptors (Lipinski definition) is 17. The first kappa shape index (κ1) is 78.6. The van der Waals surface area contributed by atoms with Crippen molar-refractivity contribution < 1.29 is 82.8 Å². The molecule has 0 bridgehead atoms. The number of carboxylic acids is 2. The van der Waals surface area contributed by atoms with E-state index in [2.05, 4.69) is 59.4 Å². The average molecular weight is 1240 g/mol. The third-order valence-corrected chi connectivity index (χ3v) is 13.1. The van der Waals surface area contributed by atoms with Crippen LogP contribution in [0.2, 0.25) is 0 Å². The van der Waals surface area contributed by atoms with Crippen LogP contribution in [0.4, 0.5) is 0 Å². The zero-order valence-corrected chi connectivity index (χ0v) is 50.0. The third kappa shape index (κ3) is 37.6. The summed E-state index contributed by atoms with van der Waals surface area (Å²) in [6, 6.07) is -13.4. The van der Waals surface area contributed by atoms with E-state index in [1.807, 2.05) is 5.32 Å². The van der Waals surface area contributed by atoms with E-state index in [0.29, 0.717) is 6.42 Å². The van der Waals surface area contributed by atoms with Crippen LogP contribution in [0, 0.1) is 0 Å². The summed E-state index contributed by atoms with van der Waals surface area (Å²) >= 11 is 0. The van der Waals surface area contributed by atoms with Gasteiger partial charge in [-0.2, -0.15) is 0 Å². The number of nitrogens with zero attached hydrogens (tertiary/aromatic N) is 2. The van der Waals surface area contributed by atoms with E-state index in [4.69, 9.17) is 39.5 Å². The van der Waals surface area contributed by atoms with Crippen molar-refractivity contribution in [3.63, 3.8) is 0 Å². The number of nitrogens with two attached hydrogens (primary N) is 6. The van der Waals surface area contributed by atoms with Gasteiger partial charge in [-0.15, -0.1) is 0 Å². The molecule has 0 aromatic carbocycles. The molecule has 0 aromatic rings. The van der Waals surface area contributed by atoms with Gasteiger partial charge in [-0.3, -0.25) is 72.3 Å². The summed E-state index contributed by atoms with van der Waals surface area (Å²) in [5, 5.41) is 59.4. The van der Waals surface area contributed by atoms with Gasteiger partial charge >= 0.3 is 11.9 Å². The van der Waals surface area contributed by atoms with Gasteiger partial charge in [0.2, 0.25) is 65.0 Å². The highest BCUT2D eigenvalue weighted by Crippen LogP contribution is 2.14. The average Bonchev–Trinajstić information content (AvgIpc) is 3.18. The number of aliphatic imine (C=N–C) groups is 2. The summed E-state index contributed by atoms with van der Waals surface area (Å²) in [5.74, 6) is -15.2. The molecule has 87 heavy (non-hydrogen) atoms. The molecule has 0 radical (unpaired) electrons. The first-order valence-electron chi connectivity index (χ1n) is 29.1. The highest BCUT2D eigenvalue weighted by atomic mass is 16.4. The molecule has 34 heteroatoms. The van der Waals surface area contributed by atoms with Crippen molar-refractivity contribution in [3.8, 4) is 0 Å². The Balaban J connectivity index is 6.05. The Morgan fingerprint density at radius 2 is 0.851 bits per heavy atom. The first-order chi connectivity index (χ1) is 41.0. The molecular formula is C53H95N17O17. The van der Waals surface area contributed by atoms with Gasteiger partial charge in [0.1, 0.15) is 48.3 Å².